The molecule has 8 heteroatoms. The fraction of sp³-hybridized carbons (Fsp3) is 0.600. The molecule has 2 amide bonds. The number of carbonyl (C=O) groups excluding carboxylic acids is 2. The van der Waals surface area contributed by atoms with Crippen LogP contribution in [0.5, 0.6) is 0 Å². The molecule has 1 saturated heterocycles. The molecule has 1 aromatic carbocycles. The molecule has 0 bridgehead atoms. The van der Waals surface area contributed by atoms with E-state index in [1.807, 2.05) is 31.2 Å². The van der Waals surface area contributed by atoms with Crippen LogP contribution in [0.3, 0.4) is 0 Å². The molecule has 0 spiro atoms. The molecule has 2 rings (SSSR count). The Labute approximate surface area is 163 Å². The Kier molecular flexibility index (Phi) is 6.31. The van der Waals surface area contributed by atoms with Crippen LogP contribution in [0.25, 0.3) is 0 Å². The summed E-state index contributed by atoms with van der Waals surface area (Å²) in [5.74, 6) is -1.10. The zero-order valence-corrected chi connectivity index (χ0v) is 16.8. The van der Waals surface area contributed by atoms with Gasteiger partial charge in [-0.25, -0.2) is 4.79 Å². The summed E-state index contributed by atoms with van der Waals surface area (Å²) in [5.41, 5.74) is 1.01. The number of aryl methyl sites for hydroxylation is 1. The standard InChI is InChI=1S/C20H27F3N2O3/c1-12-8-6-7-9-14(12)15-10-16(24-18(27)28-19(3,4)5)17(26)25(13(15)2)11-20(21,22)23/h6-9,13,15-16H,10-11H2,1-5H3,(H,24,27)/t13-,15-,16+/m1/s1. The van der Waals surface area contributed by atoms with Gasteiger partial charge in [-0.3, -0.25) is 4.79 Å². The van der Waals surface area contributed by atoms with E-state index in [-0.39, 0.29) is 12.3 Å². The van der Waals surface area contributed by atoms with Gasteiger partial charge in [0.15, 0.2) is 0 Å². The Bertz CT molecular complexity index is 728. The number of alkyl carbamates (subject to hydrolysis) is 1. The van der Waals surface area contributed by atoms with E-state index >= 15 is 0 Å². The largest absolute Gasteiger partial charge is 0.444 e. The highest BCUT2D eigenvalue weighted by molar-refractivity contribution is 5.87. The van der Waals surface area contributed by atoms with Gasteiger partial charge >= 0.3 is 12.3 Å². The van der Waals surface area contributed by atoms with E-state index in [9.17, 15) is 22.8 Å². The van der Waals surface area contributed by atoms with Gasteiger partial charge in [-0.1, -0.05) is 24.3 Å². The van der Waals surface area contributed by atoms with Gasteiger partial charge < -0.3 is 15.0 Å². The molecular weight excluding hydrogens is 373 g/mol. The van der Waals surface area contributed by atoms with E-state index in [4.69, 9.17) is 4.74 Å². The normalized spacial score (nSPS) is 23.5. The van der Waals surface area contributed by atoms with Gasteiger partial charge in [0.1, 0.15) is 18.2 Å². The van der Waals surface area contributed by atoms with E-state index in [0.29, 0.717) is 0 Å². The molecule has 0 saturated carbocycles. The Morgan fingerprint density at radius 1 is 1.25 bits per heavy atom. The lowest BCUT2D eigenvalue weighted by Crippen LogP contribution is -2.60. The minimum Gasteiger partial charge on any atom is -0.444 e. The Morgan fingerprint density at radius 3 is 2.39 bits per heavy atom. The molecule has 0 radical (unpaired) electrons. The van der Waals surface area contributed by atoms with Crippen LogP contribution < -0.4 is 5.32 Å². The lowest BCUT2D eigenvalue weighted by atomic mass is 9.80. The minimum absolute atomic E-state index is 0.207. The number of carbonyl (C=O) groups is 2. The third kappa shape index (κ3) is 5.62. The second kappa shape index (κ2) is 8.01. The van der Waals surface area contributed by atoms with Crippen molar-refractivity contribution in [2.75, 3.05) is 6.54 Å². The molecule has 0 aliphatic carbocycles. The van der Waals surface area contributed by atoms with Crippen LogP contribution in [0.2, 0.25) is 0 Å². The second-order valence-electron chi connectivity index (χ2n) is 8.22. The van der Waals surface area contributed by atoms with E-state index in [1.165, 1.54) is 0 Å². The molecule has 1 aliphatic heterocycles. The molecule has 5 nitrogen and oxygen atoms in total. The van der Waals surface area contributed by atoms with Crippen molar-refractivity contribution < 1.29 is 27.5 Å². The monoisotopic (exact) mass is 400 g/mol. The maximum absolute atomic E-state index is 13.1. The highest BCUT2D eigenvalue weighted by Crippen LogP contribution is 2.36. The van der Waals surface area contributed by atoms with Gasteiger partial charge in [0, 0.05) is 12.0 Å². The summed E-state index contributed by atoms with van der Waals surface area (Å²) < 4.78 is 44.5. The summed E-state index contributed by atoms with van der Waals surface area (Å²) in [7, 11) is 0. The van der Waals surface area contributed by atoms with Gasteiger partial charge in [-0.2, -0.15) is 13.2 Å². The molecule has 3 atom stereocenters. The topological polar surface area (TPSA) is 58.6 Å². The average molecular weight is 400 g/mol. The maximum Gasteiger partial charge on any atom is 0.408 e. The van der Waals surface area contributed by atoms with E-state index < -0.39 is 42.4 Å². The lowest BCUT2D eigenvalue weighted by Gasteiger charge is -2.43. The summed E-state index contributed by atoms with van der Waals surface area (Å²) in [6.45, 7) is 7.14. The Balaban J connectivity index is 2.33. The molecule has 1 heterocycles. The van der Waals surface area contributed by atoms with Crippen LogP contribution in [-0.2, 0) is 9.53 Å². The first-order valence-corrected chi connectivity index (χ1v) is 9.21. The van der Waals surface area contributed by atoms with E-state index in [2.05, 4.69) is 5.32 Å². The number of hydrogen-bond acceptors (Lipinski definition) is 3. The number of benzene rings is 1. The quantitative estimate of drug-likeness (QED) is 0.829. The van der Waals surface area contributed by atoms with Crippen molar-refractivity contribution >= 4 is 12.0 Å². The summed E-state index contributed by atoms with van der Waals surface area (Å²) in [4.78, 5) is 25.7. The van der Waals surface area contributed by atoms with Crippen molar-refractivity contribution in [3.63, 3.8) is 0 Å². The number of likely N-dealkylation sites (tertiary alicyclic amines) is 1. The molecule has 0 aromatic heterocycles. The number of rotatable bonds is 3. The number of piperidine rings is 1. The number of hydrogen-bond donors (Lipinski definition) is 1. The third-order valence-corrected chi connectivity index (χ3v) is 4.77. The first kappa shape index (κ1) is 22.0. The van der Waals surface area contributed by atoms with Gasteiger partial charge in [0.05, 0.1) is 0 Å². The molecule has 28 heavy (non-hydrogen) atoms. The molecular formula is C20H27F3N2O3. The maximum atomic E-state index is 13.1. The highest BCUT2D eigenvalue weighted by Gasteiger charge is 2.45. The Hall–Kier alpha value is -2.25. The molecule has 1 N–H and O–H groups in total. The van der Waals surface area contributed by atoms with Crippen molar-refractivity contribution in [2.45, 2.75) is 70.8 Å². The number of amides is 2. The van der Waals surface area contributed by atoms with E-state index in [1.54, 1.807) is 27.7 Å². The third-order valence-electron chi connectivity index (χ3n) is 4.77. The second-order valence-corrected chi connectivity index (χ2v) is 8.22. The number of nitrogens with one attached hydrogen (secondary N) is 1. The molecule has 156 valence electrons. The van der Waals surface area contributed by atoms with E-state index in [0.717, 1.165) is 16.0 Å². The predicted molar refractivity (Wildman–Crippen MR) is 98.9 cm³/mol. The van der Waals surface area contributed by atoms with Gasteiger partial charge in [0.25, 0.3) is 0 Å². The van der Waals surface area contributed by atoms with Crippen LogP contribution in [0.4, 0.5) is 18.0 Å². The highest BCUT2D eigenvalue weighted by atomic mass is 19.4. The SMILES string of the molecule is Cc1ccccc1[C@@H]1C[C@H](NC(=O)OC(C)(C)C)C(=O)N(CC(F)(F)F)[C@@H]1C. The van der Waals surface area contributed by atoms with Crippen molar-refractivity contribution in [3.05, 3.63) is 35.4 Å². The smallest absolute Gasteiger partial charge is 0.408 e. The van der Waals surface area contributed by atoms with Crippen LogP contribution in [0.15, 0.2) is 24.3 Å². The van der Waals surface area contributed by atoms with Gasteiger partial charge in [0.2, 0.25) is 5.91 Å². The number of ether oxygens (including phenoxy) is 1. The van der Waals surface area contributed by atoms with Crippen molar-refractivity contribution in [3.8, 4) is 0 Å². The first-order valence-electron chi connectivity index (χ1n) is 9.21. The van der Waals surface area contributed by atoms with Gasteiger partial charge in [-0.15, -0.1) is 0 Å². The molecule has 1 aliphatic rings. The number of nitrogens with zero attached hydrogens (tertiary/aromatic N) is 1. The van der Waals surface area contributed by atoms with Crippen LogP contribution in [0.1, 0.15) is 51.2 Å². The first-order chi connectivity index (χ1) is 12.8. The average Bonchev–Trinajstić information content (AvgIpc) is 2.52. The zero-order valence-electron chi connectivity index (χ0n) is 16.8. The molecule has 1 aromatic rings. The number of halogens is 3. The Morgan fingerprint density at radius 2 is 1.86 bits per heavy atom. The lowest BCUT2D eigenvalue weighted by molar-refractivity contribution is -0.170. The van der Waals surface area contributed by atoms with Crippen molar-refractivity contribution in [1.29, 1.82) is 0 Å². The number of alkyl halides is 3. The summed E-state index contributed by atoms with van der Waals surface area (Å²) in [6, 6.07) is 5.65. The van der Waals surface area contributed by atoms with Crippen molar-refractivity contribution in [1.82, 2.24) is 10.2 Å². The molecule has 1 fully saturated rings. The summed E-state index contributed by atoms with van der Waals surface area (Å²) in [6.07, 6.45) is -5.15. The zero-order chi connectivity index (χ0) is 21.3. The summed E-state index contributed by atoms with van der Waals surface area (Å²) >= 11 is 0. The van der Waals surface area contributed by atoms with Crippen LogP contribution >= 0.6 is 0 Å². The van der Waals surface area contributed by atoms with Crippen LogP contribution in [0, 0.1) is 6.92 Å². The fourth-order valence-corrected chi connectivity index (χ4v) is 3.54. The minimum atomic E-state index is -4.53. The predicted octanol–water partition coefficient (Wildman–Crippen LogP) is 4.16. The van der Waals surface area contributed by atoms with Crippen LogP contribution in [-0.4, -0.2) is 47.3 Å². The fourth-order valence-electron chi connectivity index (χ4n) is 3.54. The van der Waals surface area contributed by atoms with Gasteiger partial charge in [-0.05, 0) is 52.2 Å². The van der Waals surface area contributed by atoms with Crippen molar-refractivity contribution in [2.24, 2.45) is 0 Å². The molecule has 0 unspecified atom stereocenters. The summed E-state index contributed by atoms with van der Waals surface area (Å²) in [5, 5.41) is 2.46.